The minimum absolute atomic E-state index is 0.247. The number of anilines is 1. The number of aromatic hydroxyl groups is 1. The predicted octanol–water partition coefficient (Wildman–Crippen LogP) is 3.43. The Hall–Kier alpha value is -3.34. The number of aromatic nitrogens is 3. The van der Waals surface area contributed by atoms with Crippen molar-refractivity contribution < 1.29 is 5.11 Å². The van der Waals surface area contributed by atoms with E-state index in [1.807, 2.05) is 65.4 Å². The lowest BCUT2D eigenvalue weighted by molar-refractivity contribution is 0.430. The molecule has 0 aliphatic heterocycles. The number of hydrogen-bond acceptors (Lipinski definition) is 4. The number of benzene rings is 2. The second-order valence-electron chi connectivity index (χ2n) is 5.67. The van der Waals surface area contributed by atoms with Gasteiger partial charge in [-0.05, 0) is 23.8 Å². The minimum Gasteiger partial charge on any atom is -0.494 e. The van der Waals surface area contributed by atoms with E-state index in [9.17, 15) is 5.11 Å². The fourth-order valence-electron chi connectivity index (χ4n) is 2.85. The predicted molar refractivity (Wildman–Crippen MR) is 94.6 cm³/mol. The van der Waals surface area contributed by atoms with Crippen molar-refractivity contribution >= 4 is 16.7 Å². The minimum atomic E-state index is 0.247. The second-order valence-corrected chi connectivity index (χ2v) is 5.67. The highest BCUT2D eigenvalue weighted by atomic mass is 16.3. The van der Waals surface area contributed by atoms with E-state index in [-0.39, 0.29) is 11.8 Å². The van der Waals surface area contributed by atoms with E-state index in [4.69, 9.17) is 5.73 Å². The van der Waals surface area contributed by atoms with Crippen LogP contribution < -0.4 is 5.73 Å². The topological polar surface area (TPSA) is 77.0 Å². The van der Waals surface area contributed by atoms with Gasteiger partial charge in [0.25, 0.3) is 0 Å². The van der Waals surface area contributed by atoms with Crippen LogP contribution in [-0.4, -0.2) is 19.6 Å². The third-order valence-corrected chi connectivity index (χ3v) is 4.03. The quantitative estimate of drug-likeness (QED) is 0.607. The molecule has 2 heterocycles. The maximum atomic E-state index is 10.5. The van der Waals surface area contributed by atoms with Crippen LogP contribution in [0, 0.1) is 0 Å². The molecule has 0 aliphatic carbocycles. The van der Waals surface area contributed by atoms with Gasteiger partial charge in [0.15, 0.2) is 5.88 Å². The van der Waals surface area contributed by atoms with Crippen molar-refractivity contribution in [2.45, 2.75) is 6.54 Å². The van der Waals surface area contributed by atoms with Gasteiger partial charge in [0.05, 0.1) is 12.2 Å². The first-order valence-electron chi connectivity index (χ1n) is 7.65. The van der Waals surface area contributed by atoms with E-state index in [0.717, 1.165) is 27.6 Å². The van der Waals surface area contributed by atoms with Gasteiger partial charge in [-0.15, -0.1) is 0 Å². The van der Waals surface area contributed by atoms with E-state index >= 15 is 0 Å². The molecule has 24 heavy (non-hydrogen) atoms. The Bertz CT molecular complexity index is 1010. The van der Waals surface area contributed by atoms with E-state index in [1.54, 1.807) is 6.20 Å². The molecule has 3 N–H and O–H groups in total. The molecule has 5 nitrogen and oxygen atoms in total. The molecule has 118 valence electrons. The molecule has 0 unspecified atom stereocenters. The van der Waals surface area contributed by atoms with Gasteiger partial charge >= 0.3 is 0 Å². The van der Waals surface area contributed by atoms with Crippen LogP contribution in [0.25, 0.3) is 22.0 Å². The zero-order valence-corrected chi connectivity index (χ0v) is 12.9. The summed E-state index contributed by atoms with van der Waals surface area (Å²) in [5, 5.41) is 12.2. The maximum absolute atomic E-state index is 10.5. The van der Waals surface area contributed by atoms with Gasteiger partial charge < -0.3 is 15.4 Å². The lowest BCUT2D eigenvalue weighted by atomic mass is 10.1. The van der Waals surface area contributed by atoms with Crippen LogP contribution in [0.5, 0.6) is 5.88 Å². The molecule has 0 amide bonds. The Kier molecular flexibility index (Phi) is 3.39. The summed E-state index contributed by atoms with van der Waals surface area (Å²) in [6.07, 6.45) is 3.59. The van der Waals surface area contributed by atoms with E-state index < -0.39 is 0 Å². The zero-order chi connectivity index (χ0) is 16.5. The van der Waals surface area contributed by atoms with E-state index in [2.05, 4.69) is 9.97 Å². The highest BCUT2D eigenvalue weighted by Crippen LogP contribution is 2.31. The summed E-state index contributed by atoms with van der Waals surface area (Å²) in [6.45, 7) is 0.622. The van der Waals surface area contributed by atoms with Crippen molar-refractivity contribution in [2.24, 2.45) is 0 Å². The first kappa shape index (κ1) is 14.3. The van der Waals surface area contributed by atoms with Crippen molar-refractivity contribution in [2.75, 3.05) is 5.73 Å². The molecule has 2 aromatic carbocycles. The molecule has 0 aliphatic rings. The summed E-state index contributed by atoms with van der Waals surface area (Å²) in [7, 11) is 0. The molecule has 0 spiro atoms. The molecule has 5 heteroatoms. The first-order valence-corrected chi connectivity index (χ1v) is 7.65. The molecule has 0 bridgehead atoms. The van der Waals surface area contributed by atoms with Gasteiger partial charge in [0.1, 0.15) is 0 Å². The molecule has 0 saturated carbocycles. The standard InChI is InChI=1S/C19H16N4O/c20-19-21-9-8-17(22-19)14-6-7-16-15(10-14)12-23(18(16)24)11-13-4-2-1-3-5-13/h1-10,12,24H,11H2,(H2,20,21,22). The first-order chi connectivity index (χ1) is 11.7. The lowest BCUT2D eigenvalue weighted by Gasteiger charge is -2.04. The third-order valence-electron chi connectivity index (χ3n) is 4.03. The Morgan fingerprint density at radius 2 is 1.88 bits per heavy atom. The molecule has 0 fully saturated rings. The number of nitrogens with two attached hydrogens (primary N) is 1. The normalized spacial score (nSPS) is 11.0. The van der Waals surface area contributed by atoms with Crippen LogP contribution in [0.15, 0.2) is 67.0 Å². The van der Waals surface area contributed by atoms with Gasteiger partial charge in [-0.1, -0.05) is 36.4 Å². The zero-order valence-electron chi connectivity index (χ0n) is 12.9. The van der Waals surface area contributed by atoms with Crippen molar-refractivity contribution in [1.82, 2.24) is 14.5 Å². The Morgan fingerprint density at radius 1 is 1.04 bits per heavy atom. The number of nitrogen functional groups attached to an aromatic ring is 1. The summed E-state index contributed by atoms with van der Waals surface area (Å²) >= 11 is 0. The number of rotatable bonds is 3. The van der Waals surface area contributed by atoms with Crippen molar-refractivity contribution in [3.63, 3.8) is 0 Å². The largest absolute Gasteiger partial charge is 0.494 e. The average molecular weight is 316 g/mol. The molecule has 0 radical (unpaired) electrons. The van der Waals surface area contributed by atoms with Crippen LogP contribution >= 0.6 is 0 Å². The van der Waals surface area contributed by atoms with Crippen LogP contribution in [-0.2, 0) is 6.54 Å². The van der Waals surface area contributed by atoms with Gasteiger partial charge in [-0.3, -0.25) is 0 Å². The molecule has 0 atom stereocenters. The molecule has 4 rings (SSSR count). The third kappa shape index (κ3) is 2.56. The van der Waals surface area contributed by atoms with Gasteiger partial charge in [-0.2, -0.15) is 0 Å². The summed E-state index contributed by atoms with van der Waals surface area (Å²) in [4.78, 5) is 8.16. The van der Waals surface area contributed by atoms with Crippen molar-refractivity contribution in [1.29, 1.82) is 0 Å². The second kappa shape index (κ2) is 5.70. The van der Waals surface area contributed by atoms with Crippen LogP contribution in [0.3, 0.4) is 0 Å². The fourth-order valence-corrected chi connectivity index (χ4v) is 2.85. The van der Waals surface area contributed by atoms with E-state index in [1.165, 1.54) is 0 Å². The van der Waals surface area contributed by atoms with Crippen molar-refractivity contribution in [3.8, 4) is 17.1 Å². The van der Waals surface area contributed by atoms with Crippen LogP contribution in [0.1, 0.15) is 5.56 Å². The summed E-state index contributed by atoms with van der Waals surface area (Å²) in [5.41, 5.74) is 8.49. The number of nitrogens with zero attached hydrogens (tertiary/aromatic N) is 3. The highest BCUT2D eigenvalue weighted by molar-refractivity contribution is 5.91. The van der Waals surface area contributed by atoms with Gasteiger partial charge in [0, 0.05) is 28.7 Å². The van der Waals surface area contributed by atoms with Gasteiger partial charge in [0.2, 0.25) is 5.95 Å². The van der Waals surface area contributed by atoms with Gasteiger partial charge in [-0.25, -0.2) is 9.97 Å². The molecular formula is C19H16N4O. The molecule has 4 aromatic rings. The number of hydrogen-bond donors (Lipinski definition) is 2. The number of fused-ring (bicyclic) bond motifs is 1. The highest BCUT2D eigenvalue weighted by Gasteiger charge is 2.10. The van der Waals surface area contributed by atoms with Crippen LogP contribution in [0.4, 0.5) is 5.95 Å². The van der Waals surface area contributed by atoms with Crippen LogP contribution in [0.2, 0.25) is 0 Å². The summed E-state index contributed by atoms with van der Waals surface area (Å²) < 4.78 is 1.85. The maximum Gasteiger partial charge on any atom is 0.220 e. The molecule has 2 aromatic heterocycles. The summed E-state index contributed by atoms with van der Waals surface area (Å²) in [6, 6.07) is 17.7. The Balaban J connectivity index is 1.75. The lowest BCUT2D eigenvalue weighted by Crippen LogP contribution is -1.96. The smallest absolute Gasteiger partial charge is 0.220 e. The Labute approximate surface area is 139 Å². The SMILES string of the molecule is Nc1nccc(-c2ccc3c(O)n(Cc4ccccc4)cc3c2)n1. The van der Waals surface area contributed by atoms with Crippen molar-refractivity contribution in [3.05, 3.63) is 72.6 Å². The summed E-state index contributed by atoms with van der Waals surface area (Å²) in [5.74, 6) is 0.514. The Morgan fingerprint density at radius 3 is 2.67 bits per heavy atom. The molecular weight excluding hydrogens is 300 g/mol. The fraction of sp³-hybridized carbons (Fsp3) is 0.0526. The van der Waals surface area contributed by atoms with E-state index in [0.29, 0.717) is 6.54 Å². The monoisotopic (exact) mass is 316 g/mol. The average Bonchev–Trinajstić information content (AvgIpc) is 2.91. The molecule has 0 saturated heterocycles.